The molecule has 0 aliphatic carbocycles. The van der Waals surface area contributed by atoms with Gasteiger partial charge in [-0.3, -0.25) is 9.59 Å². The quantitative estimate of drug-likeness (QED) is 0.800. The zero-order valence-electron chi connectivity index (χ0n) is 14.2. The van der Waals surface area contributed by atoms with Gasteiger partial charge < -0.3 is 14.5 Å². The van der Waals surface area contributed by atoms with Crippen LogP contribution >= 0.6 is 0 Å². The van der Waals surface area contributed by atoms with Crippen molar-refractivity contribution >= 4 is 11.8 Å². The summed E-state index contributed by atoms with van der Waals surface area (Å²) in [5.74, 6) is 0.905. The minimum atomic E-state index is 0.129. The molecule has 130 valence electrons. The Kier molecular flexibility index (Phi) is 5.92. The van der Waals surface area contributed by atoms with Gasteiger partial charge in [-0.25, -0.2) is 0 Å². The highest BCUT2D eigenvalue weighted by molar-refractivity contribution is 5.85. The number of nitrogens with zero attached hydrogens (tertiary/aromatic N) is 2. The van der Waals surface area contributed by atoms with E-state index in [9.17, 15) is 9.59 Å². The van der Waals surface area contributed by atoms with Gasteiger partial charge in [-0.1, -0.05) is 12.8 Å². The Morgan fingerprint density at radius 1 is 1.00 bits per heavy atom. The molecule has 3 aliphatic rings. The van der Waals surface area contributed by atoms with Gasteiger partial charge in [-0.2, -0.15) is 0 Å². The molecule has 0 spiro atoms. The van der Waals surface area contributed by atoms with Crippen molar-refractivity contribution in [2.24, 2.45) is 5.92 Å². The fraction of sp³-hybridized carbons (Fsp3) is 0.889. The van der Waals surface area contributed by atoms with E-state index in [-0.39, 0.29) is 18.4 Å². The molecule has 3 heterocycles. The van der Waals surface area contributed by atoms with E-state index >= 15 is 0 Å². The Bertz CT molecular complexity index is 412. The summed E-state index contributed by atoms with van der Waals surface area (Å²) in [6, 6.07) is 0. The Labute approximate surface area is 139 Å². The lowest BCUT2D eigenvalue weighted by Crippen LogP contribution is -2.47. The van der Waals surface area contributed by atoms with Crippen molar-refractivity contribution in [2.75, 3.05) is 32.8 Å². The highest BCUT2D eigenvalue weighted by Crippen LogP contribution is 2.28. The van der Waals surface area contributed by atoms with Crippen LogP contribution in [0.1, 0.15) is 57.8 Å². The van der Waals surface area contributed by atoms with E-state index < -0.39 is 0 Å². The van der Waals surface area contributed by atoms with Crippen molar-refractivity contribution in [3.05, 3.63) is 0 Å². The van der Waals surface area contributed by atoms with Crippen molar-refractivity contribution in [3.63, 3.8) is 0 Å². The highest BCUT2D eigenvalue weighted by Gasteiger charge is 2.31. The fourth-order valence-corrected chi connectivity index (χ4v) is 4.14. The molecule has 0 aromatic heterocycles. The molecule has 23 heavy (non-hydrogen) atoms. The van der Waals surface area contributed by atoms with Crippen LogP contribution in [0.3, 0.4) is 0 Å². The first-order valence-electron chi connectivity index (χ1n) is 9.41. The third-order valence-corrected chi connectivity index (χ3v) is 5.63. The molecule has 2 amide bonds. The lowest BCUT2D eigenvalue weighted by Gasteiger charge is -2.35. The molecule has 3 rings (SSSR count). The number of likely N-dealkylation sites (tertiary alicyclic amines) is 2. The van der Waals surface area contributed by atoms with Gasteiger partial charge in [0.25, 0.3) is 0 Å². The van der Waals surface area contributed by atoms with Crippen molar-refractivity contribution in [1.82, 2.24) is 9.80 Å². The number of hydrogen-bond acceptors (Lipinski definition) is 3. The summed E-state index contributed by atoms with van der Waals surface area (Å²) >= 11 is 0. The predicted octanol–water partition coefficient (Wildman–Crippen LogP) is 2.20. The number of carbonyl (C=O) groups excluding carboxylic acids is 2. The molecule has 0 aromatic rings. The van der Waals surface area contributed by atoms with Gasteiger partial charge in [-0.05, 0) is 44.4 Å². The molecule has 0 saturated carbocycles. The van der Waals surface area contributed by atoms with Crippen molar-refractivity contribution < 1.29 is 14.3 Å². The average molecular weight is 322 g/mol. The highest BCUT2D eigenvalue weighted by atomic mass is 16.5. The first-order valence-corrected chi connectivity index (χ1v) is 9.41. The zero-order valence-corrected chi connectivity index (χ0v) is 14.2. The standard InChI is InChI=1S/C18H30N2O3/c21-17-7-3-1-2-4-10-20(17)14-18(22)19-11-8-15(9-12-19)16-6-5-13-23-16/h15-16H,1-14H2/t16-/m1/s1. The van der Waals surface area contributed by atoms with Gasteiger partial charge in [0.15, 0.2) is 0 Å². The molecular formula is C18H30N2O3. The van der Waals surface area contributed by atoms with Crippen LogP contribution in [0.2, 0.25) is 0 Å². The van der Waals surface area contributed by atoms with Crippen LogP contribution in [0, 0.1) is 5.92 Å². The summed E-state index contributed by atoms with van der Waals surface area (Å²) in [5.41, 5.74) is 0. The maximum atomic E-state index is 12.5. The molecule has 5 nitrogen and oxygen atoms in total. The molecular weight excluding hydrogens is 292 g/mol. The van der Waals surface area contributed by atoms with E-state index in [1.807, 2.05) is 4.90 Å². The first kappa shape index (κ1) is 16.7. The summed E-state index contributed by atoms with van der Waals surface area (Å²) in [5, 5.41) is 0. The van der Waals surface area contributed by atoms with Crippen LogP contribution in [0.15, 0.2) is 0 Å². The lowest BCUT2D eigenvalue weighted by molar-refractivity contribution is -0.142. The molecule has 3 aliphatic heterocycles. The number of hydrogen-bond donors (Lipinski definition) is 0. The van der Waals surface area contributed by atoms with Gasteiger partial charge in [0.2, 0.25) is 11.8 Å². The SMILES string of the molecule is O=C(CN1CCCCCCC1=O)N1CCC([C@H]2CCCO2)CC1. The van der Waals surface area contributed by atoms with Crippen LogP contribution in [0.4, 0.5) is 0 Å². The van der Waals surface area contributed by atoms with E-state index in [1.54, 1.807) is 4.90 Å². The monoisotopic (exact) mass is 322 g/mol. The Morgan fingerprint density at radius 2 is 1.78 bits per heavy atom. The molecule has 0 unspecified atom stereocenters. The van der Waals surface area contributed by atoms with E-state index in [0.717, 1.165) is 58.3 Å². The van der Waals surface area contributed by atoms with Gasteiger partial charge in [0.1, 0.15) is 0 Å². The Balaban J connectivity index is 1.45. The van der Waals surface area contributed by atoms with Crippen LogP contribution in [-0.4, -0.2) is 60.5 Å². The van der Waals surface area contributed by atoms with Crippen molar-refractivity contribution in [2.45, 2.75) is 63.9 Å². The minimum absolute atomic E-state index is 0.129. The van der Waals surface area contributed by atoms with E-state index in [1.165, 1.54) is 19.3 Å². The molecule has 3 fully saturated rings. The Morgan fingerprint density at radius 3 is 2.52 bits per heavy atom. The van der Waals surface area contributed by atoms with Gasteiger partial charge in [0, 0.05) is 32.7 Å². The van der Waals surface area contributed by atoms with Crippen LogP contribution in [0.25, 0.3) is 0 Å². The smallest absolute Gasteiger partial charge is 0.242 e. The number of rotatable bonds is 3. The fourth-order valence-electron chi connectivity index (χ4n) is 4.14. The van der Waals surface area contributed by atoms with E-state index in [4.69, 9.17) is 4.74 Å². The largest absolute Gasteiger partial charge is 0.378 e. The van der Waals surface area contributed by atoms with E-state index in [2.05, 4.69) is 0 Å². The van der Waals surface area contributed by atoms with Crippen LogP contribution < -0.4 is 0 Å². The molecule has 5 heteroatoms. The molecule has 0 N–H and O–H groups in total. The molecule has 1 atom stereocenters. The third kappa shape index (κ3) is 4.46. The zero-order chi connectivity index (χ0) is 16.1. The summed E-state index contributed by atoms with van der Waals surface area (Å²) in [4.78, 5) is 28.4. The molecule has 0 aromatic carbocycles. The molecule has 0 bridgehead atoms. The number of carbonyl (C=O) groups is 2. The van der Waals surface area contributed by atoms with Crippen molar-refractivity contribution in [3.8, 4) is 0 Å². The maximum Gasteiger partial charge on any atom is 0.242 e. The normalized spacial score (nSPS) is 27.8. The summed E-state index contributed by atoms with van der Waals surface area (Å²) in [7, 11) is 0. The van der Waals surface area contributed by atoms with E-state index in [0.29, 0.717) is 18.4 Å². The van der Waals surface area contributed by atoms with Crippen LogP contribution in [-0.2, 0) is 14.3 Å². The second kappa shape index (κ2) is 8.13. The number of ether oxygens (including phenoxy) is 1. The topological polar surface area (TPSA) is 49.9 Å². The predicted molar refractivity (Wildman–Crippen MR) is 87.9 cm³/mol. The molecule has 0 radical (unpaired) electrons. The third-order valence-electron chi connectivity index (χ3n) is 5.63. The lowest BCUT2D eigenvalue weighted by atomic mass is 9.90. The minimum Gasteiger partial charge on any atom is -0.378 e. The summed E-state index contributed by atoms with van der Waals surface area (Å²) < 4.78 is 5.79. The van der Waals surface area contributed by atoms with Gasteiger partial charge in [-0.15, -0.1) is 0 Å². The second-order valence-electron chi connectivity index (χ2n) is 7.25. The van der Waals surface area contributed by atoms with Gasteiger partial charge >= 0.3 is 0 Å². The first-order chi connectivity index (χ1) is 11.2. The number of amides is 2. The second-order valence-corrected chi connectivity index (χ2v) is 7.25. The Hall–Kier alpha value is -1.10. The van der Waals surface area contributed by atoms with Gasteiger partial charge in [0.05, 0.1) is 12.6 Å². The van der Waals surface area contributed by atoms with Crippen LogP contribution in [0.5, 0.6) is 0 Å². The summed E-state index contributed by atoms with van der Waals surface area (Å²) in [6.45, 7) is 3.58. The summed E-state index contributed by atoms with van der Waals surface area (Å²) in [6.07, 6.45) is 9.79. The average Bonchev–Trinajstić information content (AvgIpc) is 3.09. The number of piperidine rings is 1. The van der Waals surface area contributed by atoms with Crippen molar-refractivity contribution in [1.29, 1.82) is 0 Å². The maximum absolute atomic E-state index is 12.5. The molecule has 3 saturated heterocycles.